The molecule has 1 rings (SSSR count). The third kappa shape index (κ3) is 2.65. The lowest BCUT2D eigenvalue weighted by Gasteiger charge is -2.07. The summed E-state index contributed by atoms with van der Waals surface area (Å²) in [6.07, 6.45) is 0.763. The van der Waals surface area contributed by atoms with E-state index in [-0.39, 0.29) is 5.69 Å². The first-order chi connectivity index (χ1) is 7.06. The van der Waals surface area contributed by atoms with Crippen LogP contribution in [0.2, 0.25) is 0 Å². The van der Waals surface area contributed by atoms with E-state index in [0.29, 0.717) is 12.6 Å². The molecule has 0 aromatic heterocycles. The normalized spacial score (nSPS) is 10.1. The molecule has 0 saturated carbocycles. The number of aromatic carboxylic acids is 1. The van der Waals surface area contributed by atoms with Crippen LogP contribution in [0.15, 0.2) is 12.1 Å². The van der Waals surface area contributed by atoms with Crippen molar-refractivity contribution in [1.82, 2.24) is 0 Å². The summed E-state index contributed by atoms with van der Waals surface area (Å²) in [6, 6.07) is 1.53. The highest BCUT2D eigenvalue weighted by Crippen LogP contribution is 2.19. The zero-order valence-corrected chi connectivity index (χ0v) is 8.18. The van der Waals surface area contributed by atoms with E-state index >= 15 is 0 Å². The molecule has 3 nitrogen and oxygen atoms in total. The van der Waals surface area contributed by atoms with Crippen molar-refractivity contribution < 1.29 is 18.7 Å². The minimum absolute atomic E-state index is 0.00986. The number of benzene rings is 1. The van der Waals surface area contributed by atoms with Crippen molar-refractivity contribution in [2.75, 3.05) is 11.9 Å². The van der Waals surface area contributed by atoms with Gasteiger partial charge in [0, 0.05) is 12.6 Å². The third-order valence-electron chi connectivity index (χ3n) is 1.85. The van der Waals surface area contributed by atoms with Crippen LogP contribution < -0.4 is 5.32 Å². The van der Waals surface area contributed by atoms with E-state index in [1.165, 1.54) is 0 Å². The zero-order chi connectivity index (χ0) is 11.4. The molecule has 0 heterocycles. The first kappa shape index (κ1) is 11.4. The van der Waals surface area contributed by atoms with Gasteiger partial charge in [-0.1, -0.05) is 6.92 Å². The first-order valence-corrected chi connectivity index (χ1v) is 4.52. The van der Waals surface area contributed by atoms with Crippen molar-refractivity contribution in [2.45, 2.75) is 13.3 Å². The van der Waals surface area contributed by atoms with Gasteiger partial charge in [-0.25, -0.2) is 13.6 Å². The van der Waals surface area contributed by atoms with Crippen LogP contribution >= 0.6 is 0 Å². The van der Waals surface area contributed by atoms with Gasteiger partial charge < -0.3 is 10.4 Å². The monoisotopic (exact) mass is 215 g/mol. The Morgan fingerprint density at radius 3 is 2.60 bits per heavy atom. The summed E-state index contributed by atoms with van der Waals surface area (Å²) in [5.74, 6) is -3.26. The number of hydrogen-bond acceptors (Lipinski definition) is 2. The average molecular weight is 215 g/mol. The Kier molecular flexibility index (Phi) is 3.60. The first-order valence-electron chi connectivity index (χ1n) is 4.52. The Bertz CT molecular complexity index is 380. The molecule has 82 valence electrons. The molecule has 0 unspecified atom stereocenters. The standard InChI is InChI=1S/C10H11F2NO2/c1-2-3-13-9-4-6(10(14)15)7(11)5-8(9)12/h4-5,13H,2-3H2,1H3,(H,14,15). The van der Waals surface area contributed by atoms with E-state index in [1.54, 1.807) is 0 Å². The van der Waals surface area contributed by atoms with Crippen LogP contribution in [0.25, 0.3) is 0 Å². The maximum Gasteiger partial charge on any atom is 0.338 e. The second-order valence-electron chi connectivity index (χ2n) is 3.04. The smallest absolute Gasteiger partial charge is 0.338 e. The highest BCUT2D eigenvalue weighted by molar-refractivity contribution is 5.89. The zero-order valence-electron chi connectivity index (χ0n) is 8.18. The molecule has 0 radical (unpaired) electrons. The Hall–Kier alpha value is -1.65. The molecule has 0 aliphatic heterocycles. The molecule has 0 saturated heterocycles. The van der Waals surface area contributed by atoms with Crippen molar-refractivity contribution in [2.24, 2.45) is 0 Å². The molecule has 0 atom stereocenters. The SMILES string of the molecule is CCCNc1cc(C(=O)O)c(F)cc1F. The van der Waals surface area contributed by atoms with Gasteiger partial charge in [0.1, 0.15) is 11.6 Å². The lowest BCUT2D eigenvalue weighted by Crippen LogP contribution is -2.07. The fraction of sp³-hybridized carbons (Fsp3) is 0.300. The predicted molar refractivity (Wildman–Crippen MR) is 52.1 cm³/mol. The minimum atomic E-state index is -1.41. The van der Waals surface area contributed by atoms with E-state index in [2.05, 4.69) is 5.32 Å². The summed E-state index contributed by atoms with van der Waals surface area (Å²) in [5, 5.41) is 11.3. The summed E-state index contributed by atoms with van der Waals surface area (Å²) in [4.78, 5) is 10.6. The molecule has 1 aromatic rings. The molecule has 0 aliphatic rings. The second-order valence-corrected chi connectivity index (χ2v) is 3.04. The average Bonchev–Trinajstić information content (AvgIpc) is 2.16. The molecular formula is C10H11F2NO2. The summed E-state index contributed by atoms with van der Waals surface area (Å²) in [5.41, 5.74) is -0.523. The Morgan fingerprint density at radius 1 is 1.40 bits per heavy atom. The van der Waals surface area contributed by atoms with Crippen molar-refractivity contribution in [3.63, 3.8) is 0 Å². The fourth-order valence-corrected chi connectivity index (χ4v) is 1.11. The van der Waals surface area contributed by atoms with Gasteiger partial charge in [0.15, 0.2) is 0 Å². The predicted octanol–water partition coefficient (Wildman–Crippen LogP) is 2.48. The van der Waals surface area contributed by atoms with Gasteiger partial charge in [0.25, 0.3) is 0 Å². The largest absolute Gasteiger partial charge is 0.478 e. The van der Waals surface area contributed by atoms with Gasteiger partial charge in [0.05, 0.1) is 11.3 Å². The van der Waals surface area contributed by atoms with E-state index < -0.39 is 23.2 Å². The number of halogens is 2. The molecule has 1 aromatic carbocycles. The van der Waals surface area contributed by atoms with Gasteiger partial charge in [0.2, 0.25) is 0 Å². The van der Waals surface area contributed by atoms with Crippen molar-refractivity contribution >= 4 is 11.7 Å². The summed E-state index contributed by atoms with van der Waals surface area (Å²) < 4.78 is 26.1. The third-order valence-corrected chi connectivity index (χ3v) is 1.85. The minimum Gasteiger partial charge on any atom is -0.478 e. The molecule has 5 heteroatoms. The number of anilines is 1. The van der Waals surface area contributed by atoms with Crippen molar-refractivity contribution in [3.8, 4) is 0 Å². The maximum absolute atomic E-state index is 13.1. The molecule has 15 heavy (non-hydrogen) atoms. The van der Waals surface area contributed by atoms with E-state index in [0.717, 1.165) is 12.5 Å². The lowest BCUT2D eigenvalue weighted by atomic mass is 10.2. The van der Waals surface area contributed by atoms with Crippen molar-refractivity contribution in [1.29, 1.82) is 0 Å². The topological polar surface area (TPSA) is 49.3 Å². The number of nitrogens with one attached hydrogen (secondary N) is 1. The fourth-order valence-electron chi connectivity index (χ4n) is 1.11. The van der Waals surface area contributed by atoms with Crippen LogP contribution in [0, 0.1) is 11.6 Å². The Labute approximate surface area is 85.7 Å². The van der Waals surface area contributed by atoms with Crippen LogP contribution in [-0.2, 0) is 0 Å². The lowest BCUT2D eigenvalue weighted by molar-refractivity contribution is 0.0692. The Morgan fingerprint density at radius 2 is 2.07 bits per heavy atom. The molecule has 0 bridgehead atoms. The molecule has 0 amide bonds. The van der Waals surface area contributed by atoms with Gasteiger partial charge in [-0.3, -0.25) is 0 Å². The van der Waals surface area contributed by atoms with Crippen LogP contribution in [-0.4, -0.2) is 17.6 Å². The number of hydrogen-bond donors (Lipinski definition) is 2. The maximum atomic E-state index is 13.1. The summed E-state index contributed by atoms with van der Waals surface area (Å²) in [6.45, 7) is 2.38. The number of carbonyl (C=O) groups is 1. The van der Waals surface area contributed by atoms with E-state index in [4.69, 9.17) is 5.11 Å². The summed E-state index contributed by atoms with van der Waals surface area (Å²) in [7, 11) is 0. The van der Waals surface area contributed by atoms with E-state index in [9.17, 15) is 13.6 Å². The Balaban J connectivity index is 3.06. The number of carboxylic acids is 1. The van der Waals surface area contributed by atoms with Crippen LogP contribution in [0.5, 0.6) is 0 Å². The molecular weight excluding hydrogens is 204 g/mol. The number of rotatable bonds is 4. The van der Waals surface area contributed by atoms with Gasteiger partial charge in [-0.2, -0.15) is 0 Å². The van der Waals surface area contributed by atoms with Crippen LogP contribution in [0.3, 0.4) is 0 Å². The molecule has 0 aliphatic carbocycles. The molecule has 2 N–H and O–H groups in total. The van der Waals surface area contributed by atoms with Gasteiger partial charge in [-0.05, 0) is 12.5 Å². The van der Waals surface area contributed by atoms with Crippen molar-refractivity contribution in [3.05, 3.63) is 29.3 Å². The van der Waals surface area contributed by atoms with Gasteiger partial charge >= 0.3 is 5.97 Å². The van der Waals surface area contributed by atoms with Crippen LogP contribution in [0.4, 0.5) is 14.5 Å². The molecule has 0 spiro atoms. The second kappa shape index (κ2) is 4.72. The highest BCUT2D eigenvalue weighted by atomic mass is 19.1. The quantitative estimate of drug-likeness (QED) is 0.811. The molecule has 0 fully saturated rings. The van der Waals surface area contributed by atoms with E-state index in [1.807, 2.05) is 6.92 Å². The highest BCUT2D eigenvalue weighted by Gasteiger charge is 2.14. The number of carboxylic acid groups (broad SMARTS) is 1. The van der Waals surface area contributed by atoms with Crippen LogP contribution in [0.1, 0.15) is 23.7 Å². The van der Waals surface area contributed by atoms with Gasteiger partial charge in [-0.15, -0.1) is 0 Å². The summed E-state index contributed by atoms with van der Waals surface area (Å²) >= 11 is 0.